The van der Waals surface area contributed by atoms with Gasteiger partial charge in [-0.2, -0.15) is 0 Å². The number of carbonyl (C=O) groups is 4. The molecule has 2 aromatic carbocycles. The van der Waals surface area contributed by atoms with Gasteiger partial charge >= 0.3 is 12.0 Å². The van der Waals surface area contributed by atoms with E-state index in [1.807, 2.05) is 0 Å². The lowest BCUT2D eigenvalue weighted by Crippen LogP contribution is -2.54. The molecule has 37 heavy (non-hydrogen) atoms. The summed E-state index contributed by atoms with van der Waals surface area (Å²) in [4.78, 5) is 50.7. The summed E-state index contributed by atoms with van der Waals surface area (Å²) in [6.07, 6.45) is 1.37. The van der Waals surface area contributed by atoms with E-state index in [-0.39, 0.29) is 17.9 Å². The molecule has 1 fully saturated rings. The van der Waals surface area contributed by atoms with Gasteiger partial charge in [0.25, 0.3) is 11.8 Å². The number of nitrogens with zero attached hydrogens (tertiary/aromatic N) is 1. The molecule has 2 heterocycles. The number of esters is 1. The van der Waals surface area contributed by atoms with E-state index >= 15 is 0 Å². The van der Waals surface area contributed by atoms with Crippen LogP contribution in [0.15, 0.2) is 63.0 Å². The van der Waals surface area contributed by atoms with Crippen molar-refractivity contribution < 1.29 is 37.8 Å². The molecule has 1 saturated heterocycles. The molecule has 1 aromatic heterocycles. The van der Waals surface area contributed by atoms with Crippen molar-refractivity contribution in [2.45, 2.75) is 13.5 Å². The van der Waals surface area contributed by atoms with Crippen LogP contribution in [0.3, 0.4) is 0 Å². The summed E-state index contributed by atoms with van der Waals surface area (Å²) in [5.41, 5.74) is 1.28. The Morgan fingerprint density at radius 1 is 1.05 bits per heavy atom. The Balaban J connectivity index is 1.57. The number of amides is 4. The zero-order chi connectivity index (χ0) is 26.7. The second kappa shape index (κ2) is 10.7. The van der Waals surface area contributed by atoms with Gasteiger partial charge in [-0.1, -0.05) is 22.0 Å². The van der Waals surface area contributed by atoms with Crippen molar-refractivity contribution in [3.8, 4) is 11.5 Å². The zero-order valence-electron chi connectivity index (χ0n) is 20.0. The van der Waals surface area contributed by atoms with Crippen LogP contribution in [-0.4, -0.2) is 38.0 Å². The molecule has 4 amide bonds. The number of furan rings is 1. The van der Waals surface area contributed by atoms with Crippen molar-refractivity contribution in [3.05, 3.63) is 81.2 Å². The summed E-state index contributed by atoms with van der Waals surface area (Å²) in [6.45, 7) is 1.77. The Labute approximate surface area is 219 Å². The molecular formula is C26H21BrN2O8. The van der Waals surface area contributed by atoms with Gasteiger partial charge in [-0.05, 0) is 66.6 Å². The monoisotopic (exact) mass is 568 g/mol. The largest absolute Gasteiger partial charge is 0.493 e. The second-order valence-electron chi connectivity index (χ2n) is 7.85. The molecule has 0 atom stereocenters. The molecule has 1 N–H and O–H groups in total. The normalized spacial score (nSPS) is 14.5. The Morgan fingerprint density at radius 3 is 2.54 bits per heavy atom. The summed E-state index contributed by atoms with van der Waals surface area (Å²) in [5.74, 6) is -1.02. The van der Waals surface area contributed by atoms with Gasteiger partial charge in [0.2, 0.25) is 5.76 Å². The molecule has 4 rings (SSSR count). The Morgan fingerprint density at radius 2 is 1.84 bits per heavy atom. The summed E-state index contributed by atoms with van der Waals surface area (Å²) >= 11 is 3.35. The van der Waals surface area contributed by atoms with E-state index in [9.17, 15) is 19.2 Å². The third-order valence-electron chi connectivity index (χ3n) is 5.42. The van der Waals surface area contributed by atoms with Crippen LogP contribution in [0, 0.1) is 6.92 Å². The minimum absolute atomic E-state index is 0.0122. The van der Waals surface area contributed by atoms with Crippen LogP contribution in [0.5, 0.6) is 11.5 Å². The fourth-order valence-corrected chi connectivity index (χ4v) is 4.10. The van der Waals surface area contributed by atoms with E-state index < -0.39 is 23.8 Å². The third-order valence-corrected chi connectivity index (χ3v) is 5.91. The fraction of sp³-hybridized carbons (Fsp3) is 0.154. The van der Waals surface area contributed by atoms with E-state index in [2.05, 4.69) is 26.0 Å². The van der Waals surface area contributed by atoms with Crippen molar-refractivity contribution in [2.24, 2.45) is 0 Å². The van der Waals surface area contributed by atoms with Crippen LogP contribution in [0.25, 0.3) is 6.08 Å². The van der Waals surface area contributed by atoms with Crippen LogP contribution >= 0.6 is 15.9 Å². The van der Waals surface area contributed by atoms with Crippen LogP contribution in [0.1, 0.15) is 27.4 Å². The predicted molar refractivity (Wildman–Crippen MR) is 135 cm³/mol. The van der Waals surface area contributed by atoms with Crippen molar-refractivity contribution in [1.82, 2.24) is 5.32 Å². The molecule has 0 aliphatic carbocycles. The SMILES string of the molecule is COC(=O)c1ccc(COc2ccc(/C=C3/C(=O)NC(=O)N(c4ccc(Br)cc4C)C3=O)cc2OC)o1. The van der Waals surface area contributed by atoms with Crippen molar-refractivity contribution in [2.75, 3.05) is 19.1 Å². The van der Waals surface area contributed by atoms with Gasteiger partial charge in [0.15, 0.2) is 11.5 Å². The molecule has 1 aliphatic heterocycles. The number of carbonyl (C=O) groups excluding carboxylic acids is 4. The number of anilines is 1. The molecule has 0 unspecified atom stereocenters. The number of methoxy groups -OCH3 is 2. The highest BCUT2D eigenvalue weighted by atomic mass is 79.9. The van der Waals surface area contributed by atoms with Gasteiger partial charge in [-0.3, -0.25) is 14.9 Å². The van der Waals surface area contributed by atoms with E-state index in [1.165, 1.54) is 26.4 Å². The smallest absolute Gasteiger partial charge is 0.373 e. The molecular weight excluding hydrogens is 548 g/mol. The van der Waals surface area contributed by atoms with Crippen molar-refractivity contribution >= 4 is 51.5 Å². The fourth-order valence-electron chi connectivity index (χ4n) is 3.62. The maximum atomic E-state index is 13.2. The second-order valence-corrected chi connectivity index (χ2v) is 8.76. The molecule has 0 spiro atoms. The first-order chi connectivity index (χ1) is 17.7. The number of aryl methyl sites for hydroxylation is 1. The van der Waals surface area contributed by atoms with Gasteiger partial charge in [0.1, 0.15) is 17.9 Å². The minimum Gasteiger partial charge on any atom is -0.493 e. The first-order valence-corrected chi connectivity index (χ1v) is 11.7. The predicted octanol–water partition coefficient (Wildman–Crippen LogP) is 4.39. The van der Waals surface area contributed by atoms with Crippen molar-refractivity contribution in [1.29, 1.82) is 0 Å². The molecule has 0 saturated carbocycles. The third kappa shape index (κ3) is 5.41. The molecule has 3 aromatic rings. The Bertz CT molecular complexity index is 1440. The van der Waals surface area contributed by atoms with Gasteiger partial charge < -0.3 is 18.6 Å². The summed E-state index contributed by atoms with van der Waals surface area (Å²) < 4.78 is 21.9. The highest BCUT2D eigenvalue weighted by molar-refractivity contribution is 9.10. The number of urea groups is 1. The maximum Gasteiger partial charge on any atom is 0.373 e. The first-order valence-electron chi connectivity index (χ1n) is 10.9. The average Bonchev–Trinajstić information content (AvgIpc) is 3.35. The number of barbiturate groups is 1. The Hall–Kier alpha value is -4.38. The maximum absolute atomic E-state index is 13.2. The van der Waals surface area contributed by atoms with Crippen molar-refractivity contribution in [3.63, 3.8) is 0 Å². The van der Waals surface area contributed by atoms with Crippen LogP contribution in [0.2, 0.25) is 0 Å². The van der Waals surface area contributed by atoms with Gasteiger partial charge in [-0.15, -0.1) is 0 Å². The number of benzene rings is 2. The lowest BCUT2D eigenvalue weighted by molar-refractivity contribution is -0.122. The topological polar surface area (TPSA) is 124 Å². The zero-order valence-corrected chi connectivity index (χ0v) is 21.6. The quantitative estimate of drug-likeness (QED) is 0.253. The first kappa shape index (κ1) is 25.7. The molecule has 1 aliphatic rings. The van der Waals surface area contributed by atoms with E-state index in [4.69, 9.17) is 13.9 Å². The molecule has 190 valence electrons. The van der Waals surface area contributed by atoms with Gasteiger partial charge in [-0.25, -0.2) is 14.5 Å². The van der Waals surface area contributed by atoms with Gasteiger partial charge in [0, 0.05) is 4.47 Å². The summed E-state index contributed by atoms with van der Waals surface area (Å²) in [6, 6.07) is 12.1. The highest BCUT2D eigenvalue weighted by Crippen LogP contribution is 2.31. The van der Waals surface area contributed by atoms with E-state index in [0.717, 1.165) is 9.37 Å². The molecule has 11 heteroatoms. The molecule has 10 nitrogen and oxygen atoms in total. The van der Waals surface area contributed by atoms with Crippen LogP contribution in [0.4, 0.5) is 10.5 Å². The molecule has 0 radical (unpaired) electrons. The lowest BCUT2D eigenvalue weighted by atomic mass is 10.1. The highest BCUT2D eigenvalue weighted by Gasteiger charge is 2.37. The number of nitrogens with one attached hydrogen (secondary N) is 1. The number of halogens is 1. The number of ether oxygens (including phenoxy) is 3. The van der Waals surface area contributed by atoms with E-state index in [0.29, 0.717) is 34.1 Å². The lowest BCUT2D eigenvalue weighted by Gasteiger charge is -2.27. The number of imide groups is 2. The number of hydrogen-bond acceptors (Lipinski definition) is 8. The summed E-state index contributed by atoms with van der Waals surface area (Å²) in [5, 5.41) is 2.21. The van der Waals surface area contributed by atoms with E-state index in [1.54, 1.807) is 49.4 Å². The minimum atomic E-state index is -0.827. The molecule has 0 bridgehead atoms. The summed E-state index contributed by atoms with van der Waals surface area (Å²) in [7, 11) is 2.70. The number of hydrogen-bond donors (Lipinski definition) is 1. The Kier molecular flexibility index (Phi) is 7.44. The van der Waals surface area contributed by atoms with Crippen LogP contribution < -0.4 is 19.7 Å². The number of rotatable bonds is 7. The van der Waals surface area contributed by atoms with Gasteiger partial charge in [0.05, 0.1) is 19.9 Å². The standard InChI is InChI=1S/C26H21BrN2O8/c1-14-10-16(27)5-7-19(14)29-24(31)18(23(30)28-26(29)33)11-15-4-8-20(22(12-15)34-2)36-13-17-6-9-21(37-17)25(32)35-3/h4-12H,13H2,1-3H3,(H,28,30,33)/b18-11-. The average molecular weight is 569 g/mol. The van der Waals surface area contributed by atoms with Crippen LogP contribution in [-0.2, 0) is 20.9 Å².